The Hall–Kier alpha value is -1.30. The van der Waals surface area contributed by atoms with Gasteiger partial charge in [-0.25, -0.2) is 0 Å². The summed E-state index contributed by atoms with van der Waals surface area (Å²) in [5.41, 5.74) is 1.28. The van der Waals surface area contributed by atoms with E-state index in [0.29, 0.717) is 6.73 Å². The molecule has 2 nitrogen and oxygen atoms in total. The molecule has 0 fully saturated rings. The van der Waals surface area contributed by atoms with E-state index in [-0.39, 0.29) is 0 Å². The molecule has 0 amide bonds. The van der Waals surface area contributed by atoms with Crippen molar-refractivity contribution in [2.24, 2.45) is 0 Å². The van der Waals surface area contributed by atoms with Gasteiger partial charge >= 0.3 is 0 Å². The molecule has 0 heterocycles. The fourth-order valence-corrected chi connectivity index (χ4v) is 1.44. The average molecular weight is 203 g/mol. The summed E-state index contributed by atoms with van der Waals surface area (Å²) in [6.07, 6.45) is 6.01. The Labute approximate surface area is 91.9 Å². The minimum atomic E-state index is 0.622. The van der Waals surface area contributed by atoms with E-state index in [4.69, 9.17) is 11.2 Å². The normalized spacial score (nSPS) is 10.2. The minimum Gasteiger partial charge on any atom is -0.369 e. The van der Waals surface area contributed by atoms with E-state index in [9.17, 15) is 0 Å². The van der Waals surface area contributed by atoms with Gasteiger partial charge in [-0.2, -0.15) is 0 Å². The Kier molecular flexibility index (Phi) is 5.54. The van der Waals surface area contributed by atoms with Crippen molar-refractivity contribution in [2.75, 3.05) is 20.4 Å². The van der Waals surface area contributed by atoms with Crippen LogP contribution in [0.1, 0.15) is 12.0 Å². The van der Waals surface area contributed by atoms with Crippen LogP contribution in [0.3, 0.4) is 0 Å². The molecule has 0 atom stereocenters. The molecule has 2 heteroatoms. The van der Waals surface area contributed by atoms with Crippen molar-refractivity contribution in [2.45, 2.75) is 13.0 Å². The molecule has 0 radical (unpaired) electrons. The molecular weight excluding hydrogens is 186 g/mol. The molecule has 0 spiro atoms. The summed E-state index contributed by atoms with van der Waals surface area (Å²) in [5.74, 6) is 2.65. The summed E-state index contributed by atoms with van der Waals surface area (Å²) in [6, 6.07) is 10.3. The Morgan fingerprint density at radius 1 is 1.33 bits per heavy atom. The first-order valence-corrected chi connectivity index (χ1v) is 5.05. The van der Waals surface area contributed by atoms with Gasteiger partial charge in [0.2, 0.25) is 0 Å². The molecule has 15 heavy (non-hydrogen) atoms. The van der Waals surface area contributed by atoms with Crippen LogP contribution in [0.15, 0.2) is 30.3 Å². The number of methoxy groups -OCH3 is 1. The summed E-state index contributed by atoms with van der Waals surface area (Å²) in [6.45, 7) is 2.38. The van der Waals surface area contributed by atoms with E-state index >= 15 is 0 Å². The zero-order valence-corrected chi connectivity index (χ0v) is 9.15. The Bertz CT molecular complexity index is 302. The maximum Gasteiger partial charge on any atom is 0.0989 e. The topological polar surface area (TPSA) is 12.5 Å². The first-order valence-electron chi connectivity index (χ1n) is 5.05. The lowest BCUT2D eigenvalue weighted by Crippen LogP contribution is -2.26. The SMILES string of the molecule is C#CCCN(COC)Cc1ccccc1. The van der Waals surface area contributed by atoms with Gasteiger partial charge in [-0.05, 0) is 5.56 Å². The highest BCUT2D eigenvalue weighted by Crippen LogP contribution is 2.04. The average Bonchev–Trinajstić information content (AvgIpc) is 2.28. The number of benzene rings is 1. The van der Waals surface area contributed by atoms with Gasteiger partial charge in [-0.1, -0.05) is 30.3 Å². The van der Waals surface area contributed by atoms with Gasteiger partial charge in [-0.15, -0.1) is 12.3 Å². The Morgan fingerprint density at radius 2 is 2.07 bits per heavy atom. The fraction of sp³-hybridized carbons (Fsp3) is 0.385. The summed E-state index contributed by atoms with van der Waals surface area (Å²) in [5, 5.41) is 0. The molecule has 0 saturated carbocycles. The van der Waals surface area contributed by atoms with Gasteiger partial charge in [-0.3, -0.25) is 4.90 Å². The highest BCUT2D eigenvalue weighted by molar-refractivity contribution is 5.14. The quantitative estimate of drug-likeness (QED) is 0.518. The van der Waals surface area contributed by atoms with E-state index in [2.05, 4.69) is 23.0 Å². The van der Waals surface area contributed by atoms with Crippen molar-refractivity contribution in [3.63, 3.8) is 0 Å². The predicted octanol–water partition coefficient (Wildman–Crippen LogP) is 2.12. The van der Waals surface area contributed by atoms with Crippen LogP contribution >= 0.6 is 0 Å². The number of hydrogen-bond donors (Lipinski definition) is 0. The van der Waals surface area contributed by atoms with Gasteiger partial charge in [0.25, 0.3) is 0 Å². The van der Waals surface area contributed by atoms with E-state index in [1.54, 1.807) is 7.11 Å². The molecule has 0 aliphatic heterocycles. The van der Waals surface area contributed by atoms with Crippen molar-refractivity contribution >= 4 is 0 Å². The molecule has 1 aromatic rings. The van der Waals surface area contributed by atoms with E-state index in [1.807, 2.05) is 18.2 Å². The van der Waals surface area contributed by atoms with Crippen molar-refractivity contribution in [1.82, 2.24) is 4.90 Å². The maximum absolute atomic E-state index is 5.25. The molecule has 0 bridgehead atoms. The third-order valence-electron chi connectivity index (χ3n) is 2.13. The molecular formula is C13H17NO. The molecule has 1 aromatic carbocycles. The number of terminal acetylenes is 1. The first-order chi connectivity index (χ1) is 7.36. The largest absolute Gasteiger partial charge is 0.369 e. The number of nitrogens with zero attached hydrogens (tertiary/aromatic N) is 1. The highest BCUT2D eigenvalue weighted by Gasteiger charge is 2.03. The van der Waals surface area contributed by atoms with Crippen LogP contribution in [-0.2, 0) is 11.3 Å². The number of ether oxygens (including phenoxy) is 1. The van der Waals surface area contributed by atoms with Gasteiger partial charge in [0.05, 0.1) is 6.73 Å². The summed E-state index contributed by atoms with van der Waals surface area (Å²) < 4.78 is 5.13. The lowest BCUT2D eigenvalue weighted by atomic mass is 10.2. The summed E-state index contributed by atoms with van der Waals surface area (Å²) in [7, 11) is 1.70. The van der Waals surface area contributed by atoms with Gasteiger partial charge in [0, 0.05) is 26.6 Å². The zero-order chi connectivity index (χ0) is 10.9. The first kappa shape index (κ1) is 11.8. The number of hydrogen-bond acceptors (Lipinski definition) is 2. The van der Waals surface area contributed by atoms with Crippen molar-refractivity contribution in [3.05, 3.63) is 35.9 Å². The fourth-order valence-electron chi connectivity index (χ4n) is 1.44. The monoisotopic (exact) mass is 203 g/mol. The Morgan fingerprint density at radius 3 is 2.67 bits per heavy atom. The standard InChI is InChI=1S/C13H17NO/c1-3-4-10-14(12-15-2)11-13-8-6-5-7-9-13/h1,5-9H,4,10-12H2,2H3. The van der Waals surface area contributed by atoms with Crippen LogP contribution in [0.25, 0.3) is 0 Å². The summed E-state index contributed by atoms with van der Waals surface area (Å²) in [4.78, 5) is 2.19. The molecule has 0 unspecified atom stereocenters. The third kappa shape index (κ3) is 4.64. The van der Waals surface area contributed by atoms with Crippen LogP contribution in [0.5, 0.6) is 0 Å². The van der Waals surface area contributed by atoms with Crippen LogP contribution in [0.4, 0.5) is 0 Å². The van der Waals surface area contributed by atoms with Crippen molar-refractivity contribution in [3.8, 4) is 12.3 Å². The van der Waals surface area contributed by atoms with Gasteiger partial charge in [0.1, 0.15) is 0 Å². The molecule has 0 aliphatic carbocycles. The van der Waals surface area contributed by atoms with E-state index < -0.39 is 0 Å². The second-order valence-electron chi connectivity index (χ2n) is 3.41. The summed E-state index contributed by atoms with van der Waals surface area (Å²) >= 11 is 0. The predicted molar refractivity (Wildman–Crippen MR) is 62.2 cm³/mol. The van der Waals surface area contributed by atoms with Crippen LogP contribution in [0.2, 0.25) is 0 Å². The van der Waals surface area contributed by atoms with Gasteiger partial charge in [0.15, 0.2) is 0 Å². The lowest BCUT2D eigenvalue weighted by Gasteiger charge is -2.20. The maximum atomic E-state index is 5.25. The molecule has 0 aromatic heterocycles. The molecule has 1 rings (SSSR count). The van der Waals surface area contributed by atoms with Gasteiger partial charge < -0.3 is 4.74 Å². The van der Waals surface area contributed by atoms with Crippen LogP contribution in [0, 0.1) is 12.3 Å². The van der Waals surface area contributed by atoms with Crippen molar-refractivity contribution in [1.29, 1.82) is 0 Å². The number of rotatable bonds is 6. The smallest absolute Gasteiger partial charge is 0.0989 e. The van der Waals surface area contributed by atoms with Crippen LogP contribution in [-0.4, -0.2) is 25.3 Å². The molecule has 0 aliphatic rings. The highest BCUT2D eigenvalue weighted by atomic mass is 16.5. The second-order valence-corrected chi connectivity index (χ2v) is 3.41. The van der Waals surface area contributed by atoms with Crippen molar-refractivity contribution < 1.29 is 4.74 Å². The molecule has 0 saturated heterocycles. The van der Waals surface area contributed by atoms with Crippen LogP contribution < -0.4 is 0 Å². The van der Waals surface area contributed by atoms with E-state index in [0.717, 1.165) is 19.5 Å². The van der Waals surface area contributed by atoms with E-state index in [1.165, 1.54) is 5.56 Å². The minimum absolute atomic E-state index is 0.622. The molecule has 80 valence electrons. The zero-order valence-electron chi connectivity index (χ0n) is 9.15. The second kappa shape index (κ2) is 7.05. The molecule has 0 N–H and O–H groups in total. The lowest BCUT2D eigenvalue weighted by molar-refractivity contribution is 0.0595. The third-order valence-corrected chi connectivity index (χ3v) is 2.13. The Balaban J connectivity index is 2.47.